The van der Waals surface area contributed by atoms with Crippen LogP contribution >= 0.6 is 0 Å². The SMILES string of the molecule is CCCOc1ccc(NC(=O)CNc2ccc(C(=O)NCc3ccccc3)cc2)cc1. The number of anilines is 2. The molecule has 31 heavy (non-hydrogen) atoms. The molecule has 0 saturated heterocycles. The summed E-state index contributed by atoms with van der Waals surface area (Å²) in [4.78, 5) is 24.4. The highest BCUT2D eigenvalue weighted by molar-refractivity contribution is 5.95. The highest BCUT2D eigenvalue weighted by Gasteiger charge is 2.06. The fourth-order valence-electron chi connectivity index (χ4n) is 2.86. The molecule has 0 saturated carbocycles. The fourth-order valence-corrected chi connectivity index (χ4v) is 2.86. The number of rotatable bonds is 10. The van der Waals surface area contributed by atoms with E-state index in [1.165, 1.54) is 0 Å². The Morgan fingerprint density at radius 2 is 1.52 bits per heavy atom. The molecule has 0 unspecified atom stereocenters. The summed E-state index contributed by atoms with van der Waals surface area (Å²) < 4.78 is 5.53. The van der Waals surface area contributed by atoms with Crippen LogP contribution in [-0.2, 0) is 11.3 Å². The molecule has 0 bridgehead atoms. The summed E-state index contributed by atoms with van der Waals surface area (Å²) in [6, 6.07) is 24.1. The molecule has 0 fully saturated rings. The summed E-state index contributed by atoms with van der Waals surface area (Å²) in [7, 11) is 0. The van der Waals surface area contributed by atoms with Crippen molar-refractivity contribution in [2.75, 3.05) is 23.8 Å². The molecule has 160 valence electrons. The smallest absolute Gasteiger partial charge is 0.251 e. The van der Waals surface area contributed by atoms with Gasteiger partial charge in [-0.25, -0.2) is 0 Å². The molecule has 0 aliphatic rings. The highest BCUT2D eigenvalue weighted by atomic mass is 16.5. The zero-order valence-electron chi connectivity index (χ0n) is 17.6. The van der Waals surface area contributed by atoms with Crippen molar-refractivity contribution in [3.8, 4) is 5.75 Å². The van der Waals surface area contributed by atoms with Crippen LogP contribution in [0.5, 0.6) is 5.75 Å². The number of benzene rings is 3. The Balaban J connectivity index is 1.43. The first-order valence-electron chi connectivity index (χ1n) is 10.3. The third kappa shape index (κ3) is 7.19. The maximum absolute atomic E-state index is 12.3. The van der Waals surface area contributed by atoms with Gasteiger partial charge in [0.25, 0.3) is 5.91 Å². The molecular weight excluding hydrogens is 390 g/mol. The van der Waals surface area contributed by atoms with E-state index in [1.807, 2.05) is 54.6 Å². The minimum Gasteiger partial charge on any atom is -0.494 e. The predicted molar refractivity (Wildman–Crippen MR) is 123 cm³/mol. The molecule has 3 rings (SSSR count). The van der Waals surface area contributed by atoms with Crippen LogP contribution in [0.1, 0.15) is 29.3 Å². The molecular formula is C25H27N3O3. The van der Waals surface area contributed by atoms with Crippen molar-refractivity contribution in [1.29, 1.82) is 0 Å². The Hall–Kier alpha value is -3.80. The van der Waals surface area contributed by atoms with E-state index in [4.69, 9.17) is 4.74 Å². The lowest BCUT2D eigenvalue weighted by Crippen LogP contribution is -2.23. The van der Waals surface area contributed by atoms with Crippen LogP contribution in [0.15, 0.2) is 78.9 Å². The molecule has 0 heterocycles. The Bertz CT molecular complexity index is 971. The van der Waals surface area contributed by atoms with E-state index in [0.717, 1.165) is 23.4 Å². The van der Waals surface area contributed by atoms with Crippen molar-refractivity contribution in [2.45, 2.75) is 19.9 Å². The van der Waals surface area contributed by atoms with Crippen molar-refractivity contribution in [3.05, 3.63) is 90.0 Å². The van der Waals surface area contributed by atoms with Crippen molar-refractivity contribution in [1.82, 2.24) is 5.32 Å². The monoisotopic (exact) mass is 417 g/mol. The summed E-state index contributed by atoms with van der Waals surface area (Å²) >= 11 is 0. The molecule has 0 spiro atoms. The largest absolute Gasteiger partial charge is 0.494 e. The lowest BCUT2D eigenvalue weighted by Gasteiger charge is -2.10. The quantitative estimate of drug-likeness (QED) is 0.455. The minimum atomic E-state index is -0.160. The van der Waals surface area contributed by atoms with E-state index in [9.17, 15) is 9.59 Å². The molecule has 0 aromatic heterocycles. The van der Waals surface area contributed by atoms with Crippen LogP contribution in [0.25, 0.3) is 0 Å². The summed E-state index contributed by atoms with van der Waals surface area (Å²) in [5.41, 5.74) is 3.08. The van der Waals surface area contributed by atoms with Gasteiger partial charge in [-0.2, -0.15) is 0 Å². The van der Waals surface area contributed by atoms with E-state index >= 15 is 0 Å². The summed E-state index contributed by atoms with van der Waals surface area (Å²) in [5, 5.41) is 8.79. The van der Waals surface area contributed by atoms with Gasteiger partial charge in [-0.05, 0) is 60.5 Å². The van der Waals surface area contributed by atoms with Crippen LogP contribution in [0.4, 0.5) is 11.4 Å². The molecule has 0 aliphatic carbocycles. The number of carbonyl (C=O) groups is 2. The molecule has 0 atom stereocenters. The van der Waals surface area contributed by atoms with Crippen molar-refractivity contribution in [3.63, 3.8) is 0 Å². The van der Waals surface area contributed by atoms with Crippen LogP contribution in [-0.4, -0.2) is 25.0 Å². The second-order valence-electron chi connectivity index (χ2n) is 7.02. The number of ether oxygens (including phenoxy) is 1. The van der Waals surface area contributed by atoms with Gasteiger partial charge in [0, 0.05) is 23.5 Å². The van der Waals surface area contributed by atoms with Gasteiger partial charge in [-0.15, -0.1) is 0 Å². The van der Waals surface area contributed by atoms with Gasteiger partial charge in [0.2, 0.25) is 5.91 Å². The van der Waals surface area contributed by atoms with Crippen molar-refractivity contribution in [2.24, 2.45) is 0 Å². The molecule has 6 nitrogen and oxygen atoms in total. The first-order chi connectivity index (χ1) is 15.1. The normalized spacial score (nSPS) is 10.2. The molecule has 3 aromatic rings. The second-order valence-corrected chi connectivity index (χ2v) is 7.02. The lowest BCUT2D eigenvalue weighted by atomic mass is 10.1. The van der Waals surface area contributed by atoms with Crippen LogP contribution in [0.2, 0.25) is 0 Å². The number of carbonyl (C=O) groups excluding carboxylic acids is 2. The van der Waals surface area contributed by atoms with E-state index in [1.54, 1.807) is 24.3 Å². The first kappa shape index (κ1) is 21.9. The predicted octanol–water partition coefficient (Wildman–Crippen LogP) is 4.46. The van der Waals surface area contributed by atoms with Crippen LogP contribution < -0.4 is 20.7 Å². The van der Waals surface area contributed by atoms with Gasteiger partial charge in [0.05, 0.1) is 13.2 Å². The minimum absolute atomic E-state index is 0.119. The van der Waals surface area contributed by atoms with E-state index in [2.05, 4.69) is 22.9 Å². The number of hydrogen-bond acceptors (Lipinski definition) is 4. The summed E-state index contributed by atoms with van der Waals surface area (Å²) in [6.07, 6.45) is 0.948. The van der Waals surface area contributed by atoms with E-state index in [0.29, 0.717) is 24.4 Å². The van der Waals surface area contributed by atoms with Gasteiger partial charge in [-0.3, -0.25) is 9.59 Å². The van der Waals surface area contributed by atoms with E-state index in [-0.39, 0.29) is 18.4 Å². The van der Waals surface area contributed by atoms with Gasteiger partial charge in [-0.1, -0.05) is 37.3 Å². The molecule has 6 heteroatoms. The van der Waals surface area contributed by atoms with Gasteiger partial charge < -0.3 is 20.7 Å². The van der Waals surface area contributed by atoms with Gasteiger partial charge in [0.1, 0.15) is 5.75 Å². The molecule has 2 amide bonds. The molecule has 0 aliphatic heterocycles. The molecule has 3 N–H and O–H groups in total. The average molecular weight is 418 g/mol. The lowest BCUT2D eigenvalue weighted by molar-refractivity contribution is -0.114. The fraction of sp³-hybridized carbons (Fsp3) is 0.200. The number of nitrogens with one attached hydrogen (secondary N) is 3. The van der Waals surface area contributed by atoms with Crippen LogP contribution in [0, 0.1) is 0 Å². The Morgan fingerprint density at radius 3 is 2.19 bits per heavy atom. The maximum atomic E-state index is 12.3. The molecule has 3 aromatic carbocycles. The second kappa shape index (κ2) is 11.4. The first-order valence-corrected chi connectivity index (χ1v) is 10.3. The Labute approximate surface area is 182 Å². The van der Waals surface area contributed by atoms with E-state index < -0.39 is 0 Å². The number of amides is 2. The van der Waals surface area contributed by atoms with Crippen molar-refractivity contribution < 1.29 is 14.3 Å². The van der Waals surface area contributed by atoms with Crippen LogP contribution in [0.3, 0.4) is 0 Å². The Kier molecular flexibility index (Phi) is 8.05. The van der Waals surface area contributed by atoms with Gasteiger partial charge in [0.15, 0.2) is 0 Å². The zero-order chi connectivity index (χ0) is 21.9. The Morgan fingerprint density at radius 1 is 0.839 bits per heavy atom. The standard InChI is InChI=1S/C25H27N3O3/c1-2-16-31-23-14-12-22(13-15-23)28-24(29)18-26-21-10-8-20(9-11-21)25(30)27-17-19-6-4-3-5-7-19/h3-15,26H,2,16-18H2,1H3,(H,27,30)(H,28,29). The topological polar surface area (TPSA) is 79.5 Å². The highest BCUT2D eigenvalue weighted by Crippen LogP contribution is 2.16. The number of hydrogen-bond donors (Lipinski definition) is 3. The summed E-state index contributed by atoms with van der Waals surface area (Å²) in [6.45, 7) is 3.32. The average Bonchev–Trinajstić information content (AvgIpc) is 2.82. The zero-order valence-corrected chi connectivity index (χ0v) is 17.6. The van der Waals surface area contributed by atoms with Gasteiger partial charge >= 0.3 is 0 Å². The van der Waals surface area contributed by atoms with Crippen molar-refractivity contribution >= 4 is 23.2 Å². The maximum Gasteiger partial charge on any atom is 0.251 e. The molecule has 0 radical (unpaired) electrons. The third-order valence-electron chi connectivity index (χ3n) is 4.51. The third-order valence-corrected chi connectivity index (χ3v) is 4.51. The summed E-state index contributed by atoms with van der Waals surface area (Å²) in [5.74, 6) is 0.484.